The molecule has 13 heavy (non-hydrogen) atoms. The first-order valence-corrected chi connectivity index (χ1v) is 3.99. The maximum atomic E-state index is 12.2. The Kier molecular flexibility index (Phi) is 10.2. The molecule has 0 aliphatic carbocycles. The van der Waals surface area contributed by atoms with Crippen LogP contribution in [0.2, 0.25) is 0 Å². The van der Waals surface area contributed by atoms with Gasteiger partial charge in [-0.3, -0.25) is 4.39 Å². The SMILES string of the molecule is CC.CF.Cc1cc(F)cc(F)c1. The highest BCUT2D eigenvalue weighted by molar-refractivity contribution is 5.15. The van der Waals surface area contributed by atoms with Gasteiger partial charge in [0, 0.05) is 6.07 Å². The number of aryl methyl sites for hydroxylation is 1. The third kappa shape index (κ3) is 7.37. The molecule has 1 aromatic rings. The van der Waals surface area contributed by atoms with Gasteiger partial charge >= 0.3 is 0 Å². The zero-order valence-electron chi connectivity index (χ0n) is 8.37. The molecule has 0 heterocycles. The number of alkyl halides is 1. The molecule has 0 aromatic heterocycles. The molecule has 0 spiro atoms. The van der Waals surface area contributed by atoms with Crippen LogP contribution in [-0.2, 0) is 0 Å². The Hall–Kier alpha value is -0.990. The fourth-order valence-corrected chi connectivity index (χ4v) is 0.692. The first-order valence-electron chi connectivity index (χ1n) is 3.99. The van der Waals surface area contributed by atoms with Gasteiger partial charge < -0.3 is 0 Å². The van der Waals surface area contributed by atoms with Crippen LogP contribution in [-0.4, -0.2) is 7.18 Å². The van der Waals surface area contributed by atoms with Gasteiger partial charge in [-0.05, 0) is 24.6 Å². The van der Waals surface area contributed by atoms with Crippen LogP contribution in [0.25, 0.3) is 0 Å². The van der Waals surface area contributed by atoms with Crippen molar-refractivity contribution in [1.82, 2.24) is 0 Å². The molecule has 0 atom stereocenters. The Labute approximate surface area is 77.4 Å². The van der Waals surface area contributed by atoms with E-state index >= 15 is 0 Å². The average molecular weight is 192 g/mol. The van der Waals surface area contributed by atoms with Crippen LogP contribution in [0.4, 0.5) is 13.2 Å². The van der Waals surface area contributed by atoms with Crippen molar-refractivity contribution >= 4 is 0 Å². The summed E-state index contributed by atoms with van der Waals surface area (Å²) in [7, 11) is 0.500. The van der Waals surface area contributed by atoms with E-state index in [1.165, 1.54) is 12.1 Å². The zero-order valence-corrected chi connectivity index (χ0v) is 8.37. The van der Waals surface area contributed by atoms with Crippen LogP contribution in [0.15, 0.2) is 18.2 Å². The molecule has 0 radical (unpaired) electrons. The topological polar surface area (TPSA) is 0 Å². The van der Waals surface area contributed by atoms with Gasteiger partial charge in [0.25, 0.3) is 0 Å². The number of hydrogen-bond donors (Lipinski definition) is 0. The monoisotopic (exact) mass is 192 g/mol. The van der Waals surface area contributed by atoms with E-state index in [9.17, 15) is 13.2 Å². The maximum Gasteiger partial charge on any atom is 0.126 e. The van der Waals surface area contributed by atoms with E-state index in [1.54, 1.807) is 6.92 Å². The molecular formula is C10H15F3. The molecule has 76 valence electrons. The Bertz CT molecular complexity index is 171. The van der Waals surface area contributed by atoms with E-state index in [-0.39, 0.29) is 0 Å². The summed E-state index contributed by atoms with van der Waals surface area (Å²) in [6.45, 7) is 5.64. The molecule has 1 aromatic carbocycles. The first kappa shape index (κ1) is 14.5. The Morgan fingerprint density at radius 2 is 1.15 bits per heavy atom. The highest BCUT2D eigenvalue weighted by atomic mass is 19.1. The van der Waals surface area contributed by atoms with Gasteiger partial charge in [-0.15, -0.1) is 0 Å². The normalized spacial score (nSPS) is 7.62. The quantitative estimate of drug-likeness (QED) is 0.585. The lowest BCUT2D eigenvalue weighted by Gasteiger charge is -1.91. The van der Waals surface area contributed by atoms with Gasteiger partial charge in [0.15, 0.2) is 0 Å². The van der Waals surface area contributed by atoms with Crippen LogP contribution in [0, 0.1) is 18.6 Å². The number of hydrogen-bond acceptors (Lipinski definition) is 0. The van der Waals surface area contributed by atoms with Crippen molar-refractivity contribution in [2.24, 2.45) is 0 Å². The van der Waals surface area contributed by atoms with E-state index in [1.807, 2.05) is 13.8 Å². The fraction of sp³-hybridized carbons (Fsp3) is 0.400. The highest BCUT2D eigenvalue weighted by Crippen LogP contribution is 2.05. The Morgan fingerprint density at radius 3 is 1.38 bits per heavy atom. The van der Waals surface area contributed by atoms with Crippen molar-refractivity contribution in [3.05, 3.63) is 35.4 Å². The summed E-state index contributed by atoms with van der Waals surface area (Å²) in [6.07, 6.45) is 0. The molecule has 0 amide bonds. The fourth-order valence-electron chi connectivity index (χ4n) is 0.692. The van der Waals surface area contributed by atoms with Crippen molar-refractivity contribution in [3.8, 4) is 0 Å². The van der Waals surface area contributed by atoms with E-state index in [4.69, 9.17) is 0 Å². The summed E-state index contributed by atoms with van der Waals surface area (Å²) in [5.74, 6) is -1.04. The Morgan fingerprint density at radius 1 is 0.846 bits per heavy atom. The van der Waals surface area contributed by atoms with Gasteiger partial charge in [0.05, 0.1) is 7.18 Å². The predicted octanol–water partition coefficient (Wildman–Crippen LogP) is 3.89. The summed E-state index contributed by atoms with van der Waals surface area (Å²) in [5.41, 5.74) is 0.604. The zero-order chi connectivity index (χ0) is 10.9. The van der Waals surface area contributed by atoms with Gasteiger partial charge in [-0.2, -0.15) is 0 Å². The van der Waals surface area contributed by atoms with E-state index in [0.29, 0.717) is 12.7 Å². The second kappa shape index (κ2) is 9.10. The molecule has 3 heteroatoms. The van der Waals surface area contributed by atoms with Crippen molar-refractivity contribution in [1.29, 1.82) is 0 Å². The van der Waals surface area contributed by atoms with Crippen molar-refractivity contribution in [2.75, 3.05) is 7.18 Å². The molecule has 0 fully saturated rings. The summed E-state index contributed by atoms with van der Waals surface area (Å²) in [5, 5.41) is 0. The third-order valence-corrected chi connectivity index (χ3v) is 1.01. The van der Waals surface area contributed by atoms with Crippen LogP contribution < -0.4 is 0 Å². The third-order valence-electron chi connectivity index (χ3n) is 1.01. The molecule has 0 N–H and O–H groups in total. The van der Waals surface area contributed by atoms with E-state index in [0.717, 1.165) is 6.07 Å². The maximum absolute atomic E-state index is 12.2. The Balaban J connectivity index is 0. The molecule has 0 aliphatic heterocycles. The summed E-state index contributed by atoms with van der Waals surface area (Å²) >= 11 is 0. The molecule has 0 aliphatic rings. The number of benzene rings is 1. The molecule has 0 saturated carbocycles. The average Bonchev–Trinajstić information content (AvgIpc) is 2.09. The minimum absolute atomic E-state index is 0.500. The smallest absolute Gasteiger partial charge is 0.126 e. The first-order chi connectivity index (χ1) is 6.18. The van der Waals surface area contributed by atoms with Crippen molar-refractivity contribution in [2.45, 2.75) is 20.8 Å². The van der Waals surface area contributed by atoms with Crippen LogP contribution >= 0.6 is 0 Å². The van der Waals surface area contributed by atoms with E-state index < -0.39 is 11.6 Å². The lowest BCUT2D eigenvalue weighted by Crippen LogP contribution is -1.80. The number of halogens is 3. The predicted molar refractivity (Wildman–Crippen MR) is 49.5 cm³/mol. The van der Waals surface area contributed by atoms with Gasteiger partial charge in [-0.25, -0.2) is 8.78 Å². The lowest BCUT2D eigenvalue weighted by atomic mass is 10.2. The van der Waals surface area contributed by atoms with E-state index in [2.05, 4.69) is 0 Å². The lowest BCUT2D eigenvalue weighted by molar-refractivity contribution is 0.581. The minimum Gasteiger partial charge on any atom is -0.255 e. The second-order valence-corrected chi connectivity index (χ2v) is 1.95. The molecule has 0 nitrogen and oxygen atoms in total. The van der Waals surface area contributed by atoms with Crippen molar-refractivity contribution in [3.63, 3.8) is 0 Å². The van der Waals surface area contributed by atoms with Crippen LogP contribution in [0.3, 0.4) is 0 Å². The van der Waals surface area contributed by atoms with Gasteiger partial charge in [0.1, 0.15) is 11.6 Å². The van der Waals surface area contributed by atoms with Crippen LogP contribution in [0.1, 0.15) is 19.4 Å². The van der Waals surface area contributed by atoms with Crippen LogP contribution in [0.5, 0.6) is 0 Å². The minimum atomic E-state index is -0.521. The summed E-state index contributed by atoms with van der Waals surface area (Å²) in [6, 6.07) is 3.42. The highest BCUT2D eigenvalue weighted by Gasteiger charge is 1.93. The van der Waals surface area contributed by atoms with Crippen molar-refractivity contribution < 1.29 is 13.2 Å². The van der Waals surface area contributed by atoms with Gasteiger partial charge in [0.2, 0.25) is 0 Å². The molecule has 1 rings (SSSR count). The largest absolute Gasteiger partial charge is 0.255 e. The molecule has 0 unspecified atom stereocenters. The second-order valence-electron chi connectivity index (χ2n) is 1.95. The summed E-state index contributed by atoms with van der Waals surface area (Å²) < 4.78 is 33.9. The molecular weight excluding hydrogens is 177 g/mol. The number of rotatable bonds is 0. The standard InChI is InChI=1S/C7H6F2.C2H6.CH3F/c1-5-2-6(8)4-7(9)3-5;2*1-2/h2-4H,1H3;1-2H3;1H3. The molecule has 0 bridgehead atoms. The van der Waals surface area contributed by atoms with Gasteiger partial charge in [-0.1, -0.05) is 13.8 Å². The summed E-state index contributed by atoms with van der Waals surface area (Å²) in [4.78, 5) is 0. The molecule has 0 saturated heterocycles.